The Hall–Kier alpha value is -1.76. The van der Waals surface area contributed by atoms with Crippen molar-refractivity contribution in [3.63, 3.8) is 0 Å². The van der Waals surface area contributed by atoms with E-state index in [2.05, 4.69) is 30.9 Å². The molecule has 0 radical (unpaired) electrons. The molecule has 5 nitrogen and oxygen atoms in total. The van der Waals surface area contributed by atoms with Crippen LogP contribution in [0.5, 0.6) is 6.01 Å². The highest BCUT2D eigenvalue weighted by Crippen LogP contribution is 2.26. The van der Waals surface area contributed by atoms with Crippen LogP contribution in [-0.4, -0.2) is 21.6 Å². The second kappa shape index (κ2) is 5.92. The van der Waals surface area contributed by atoms with E-state index in [0.29, 0.717) is 11.1 Å². The fourth-order valence-electron chi connectivity index (χ4n) is 1.43. The Balaban J connectivity index is 2.44. The molecule has 0 unspecified atom stereocenters. The van der Waals surface area contributed by atoms with E-state index in [4.69, 9.17) is 10.5 Å². The molecule has 0 saturated carbocycles. The average Bonchev–Trinajstić information content (AvgIpc) is 2.39. The van der Waals surface area contributed by atoms with Crippen molar-refractivity contribution in [1.82, 2.24) is 15.0 Å². The maximum atomic E-state index is 14.0. The van der Waals surface area contributed by atoms with Crippen LogP contribution in [0.1, 0.15) is 13.3 Å². The van der Waals surface area contributed by atoms with Crippen LogP contribution >= 0.6 is 15.9 Å². The number of hydrogen-bond acceptors (Lipinski definition) is 5. The van der Waals surface area contributed by atoms with Gasteiger partial charge in [-0.3, -0.25) is 0 Å². The van der Waals surface area contributed by atoms with E-state index in [1.165, 1.54) is 0 Å². The number of rotatable bonds is 4. The highest BCUT2D eigenvalue weighted by molar-refractivity contribution is 9.10. The van der Waals surface area contributed by atoms with Crippen LogP contribution in [0.25, 0.3) is 11.4 Å². The van der Waals surface area contributed by atoms with E-state index >= 15 is 0 Å². The highest BCUT2D eigenvalue weighted by atomic mass is 79.9. The molecule has 0 aliphatic rings. The van der Waals surface area contributed by atoms with Crippen molar-refractivity contribution in [2.24, 2.45) is 0 Å². The fourth-order valence-corrected chi connectivity index (χ4v) is 1.79. The van der Waals surface area contributed by atoms with Crippen molar-refractivity contribution in [1.29, 1.82) is 0 Å². The summed E-state index contributed by atoms with van der Waals surface area (Å²) in [7, 11) is 0. The number of nitrogen functional groups attached to an aromatic ring is 1. The smallest absolute Gasteiger partial charge is 0.321 e. The Morgan fingerprint density at radius 2 is 2.11 bits per heavy atom. The lowest BCUT2D eigenvalue weighted by atomic mass is 10.2. The van der Waals surface area contributed by atoms with E-state index in [-0.39, 0.29) is 23.3 Å². The second-order valence-electron chi connectivity index (χ2n) is 3.75. The molecule has 1 heterocycles. The quantitative estimate of drug-likeness (QED) is 0.935. The van der Waals surface area contributed by atoms with Gasteiger partial charge in [-0.05, 0) is 34.5 Å². The molecule has 0 aliphatic carbocycles. The first-order chi connectivity index (χ1) is 9.11. The first-order valence-electron chi connectivity index (χ1n) is 5.70. The van der Waals surface area contributed by atoms with E-state index in [1.807, 2.05) is 6.92 Å². The van der Waals surface area contributed by atoms with Crippen LogP contribution in [0, 0.1) is 5.82 Å². The zero-order valence-corrected chi connectivity index (χ0v) is 11.8. The molecule has 0 atom stereocenters. The van der Waals surface area contributed by atoms with E-state index < -0.39 is 5.82 Å². The summed E-state index contributed by atoms with van der Waals surface area (Å²) >= 11 is 3.11. The minimum absolute atomic E-state index is 0.00419. The average molecular weight is 327 g/mol. The first kappa shape index (κ1) is 13.7. The number of anilines is 1. The van der Waals surface area contributed by atoms with Gasteiger partial charge in [-0.2, -0.15) is 15.0 Å². The van der Waals surface area contributed by atoms with Crippen molar-refractivity contribution in [2.45, 2.75) is 13.3 Å². The molecule has 2 rings (SSSR count). The largest absolute Gasteiger partial charge is 0.463 e. The van der Waals surface area contributed by atoms with E-state index in [0.717, 1.165) is 6.42 Å². The molecule has 0 saturated heterocycles. The number of ether oxygens (including phenoxy) is 1. The van der Waals surface area contributed by atoms with Gasteiger partial charge in [0.05, 0.1) is 16.6 Å². The van der Waals surface area contributed by atoms with Crippen LogP contribution in [0.2, 0.25) is 0 Å². The molecule has 0 fully saturated rings. The number of aromatic nitrogens is 3. The molecule has 0 aliphatic heterocycles. The summed E-state index contributed by atoms with van der Waals surface area (Å²) in [6, 6.07) is 4.95. The second-order valence-corrected chi connectivity index (χ2v) is 4.60. The van der Waals surface area contributed by atoms with Gasteiger partial charge in [0.2, 0.25) is 5.95 Å². The minimum atomic E-state index is -0.449. The molecule has 19 heavy (non-hydrogen) atoms. The maximum absolute atomic E-state index is 14.0. The summed E-state index contributed by atoms with van der Waals surface area (Å²) in [5.41, 5.74) is 5.82. The molecule has 0 amide bonds. The SMILES string of the molecule is CCCOc1nc(N)nc(-c2cccc(Br)c2F)n1. The summed E-state index contributed by atoms with van der Waals surface area (Å²) < 4.78 is 19.6. The Kier molecular flexibility index (Phi) is 4.26. The lowest BCUT2D eigenvalue weighted by Gasteiger charge is -2.07. The normalized spacial score (nSPS) is 10.5. The molecule has 0 spiro atoms. The fraction of sp³-hybridized carbons (Fsp3) is 0.250. The third-order valence-corrected chi connectivity index (χ3v) is 2.87. The number of benzene rings is 1. The molecule has 1 aromatic heterocycles. The molecule has 1 aromatic carbocycles. The predicted molar refractivity (Wildman–Crippen MR) is 73.1 cm³/mol. The Morgan fingerprint density at radius 1 is 1.32 bits per heavy atom. The van der Waals surface area contributed by atoms with Gasteiger partial charge in [-0.1, -0.05) is 13.0 Å². The van der Waals surface area contributed by atoms with Crippen molar-refractivity contribution in [3.05, 3.63) is 28.5 Å². The highest BCUT2D eigenvalue weighted by Gasteiger charge is 2.13. The lowest BCUT2D eigenvalue weighted by Crippen LogP contribution is -2.06. The van der Waals surface area contributed by atoms with Crippen LogP contribution < -0.4 is 10.5 Å². The van der Waals surface area contributed by atoms with Gasteiger partial charge >= 0.3 is 6.01 Å². The Labute approximate surface area is 118 Å². The van der Waals surface area contributed by atoms with Crippen LogP contribution in [0.15, 0.2) is 22.7 Å². The molecular weight excluding hydrogens is 315 g/mol. The summed E-state index contributed by atoms with van der Waals surface area (Å²) in [4.78, 5) is 11.8. The van der Waals surface area contributed by atoms with Gasteiger partial charge in [0, 0.05) is 0 Å². The third kappa shape index (κ3) is 3.17. The van der Waals surface area contributed by atoms with Crippen molar-refractivity contribution < 1.29 is 9.13 Å². The van der Waals surface area contributed by atoms with Gasteiger partial charge in [0.15, 0.2) is 5.82 Å². The zero-order chi connectivity index (χ0) is 13.8. The number of nitrogens with two attached hydrogens (primary N) is 1. The zero-order valence-electron chi connectivity index (χ0n) is 10.2. The standard InChI is InChI=1S/C12H12BrFN4O/c1-2-6-19-12-17-10(16-11(15)18-12)7-4-3-5-8(13)9(7)14/h3-5H,2,6H2,1H3,(H2,15,16,17,18). The van der Waals surface area contributed by atoms with E-state index in [9.17, 15) is 4.39 Å². The van der Waals surface area contributed by atoms with Crippen molar-refractivity contribution >= 4 is 21.9 Å². The molecule has 0 bridgehead atoms. The monoisotopic (exact) mass is 326 g/mol. The molecule has 2 aromatic rings. The minimum Gasteiger partial charge on any atom is -0.463 e. The summed E-state index contributed by atoms with van der Waals surface area (Å²) in [5, 5.41) is 0. The number of nitrogens with zero attached hydrogens (tertiary/aromatic N) is 3. The summed E-state index contributed by atoms with van der Waals surface area (Å²) in [6.07, 6.45) is 0.812. The first-order valence-corrected chi connectivity index (χ1v) is 6.50. The van der Waals surface area contributed by atoms with Crippen LogP contribution in [-0.2, 0) is 0 Å². The molecule has 100 valence electrons. The van der Waals surface area contributed by atoms with Crippen LogP contribution in [0.3, 0.4) is 0 Å². The van der Waals surface area contributed by atoms with E-state index in [1.54, 1.807) is 18.2 Å². The third-order valence-electron chi connectivity index (χ3n) is 2.26. The Bertz CT molecular complexity index is 594. The van der Waals surface area contributed by atoms with Crippen molar-refractivity contribution in [2.75, 3.05) is 12.3 Å². The van der Waals surface area contributed by atoms with Gasteiger partial charge in [-0.15, -0.1) is 0 Å². The van der Waals surface area contributed by atoms with Gasteiger partial charge < -0.3 is 10.5 Å². The van der Waals surface area contributed by atoms with Gasteiger partial charge in [0.1, 0.15) is 5.82 Å². The van der Waals surface area contributed by atoms with Crippen LogP contribution in [0.4, 0.5) is 10.3 Å². The maximum Gasteiger partial charge on any atom is 0.321 e. The predicted octanol–water partition coefficient (Wildman–Crippen LogP) is 2.81. The number of hydrogen-bond donors (Lipinski definition) is 1. The summed E-state index contributed by atoms with van der Waals surface area (Å²) in [6.45, 7) is 2.42. The van der Waals surface area contributed by atoms with Crippen molar-refractivity contribution in [3.8, 4) is 17.4 Å². The number of halogens is 2. The Morgan fingerprint density at radius 3 is 2.84 bits per heavy atom. The topological polar surface area (TPSA) is 73.9 Å². The van der Waals surface area contributed by atoms with Gasteiger partial charge in [0.25, 0.3) is 0 Å². The summed E-state index contributed by atoms with van der Waals surface area (Å²) in [5.74, 6) is -0.303. The lowest BCUT2D eigenvalue weighted by molar-refractivity contribution is 0.292. The molecular formula is C12H12BrFN4O. The van der Waals surface area contributed by atoms with Gasteiger partial charge in [-0.25, -0.2) is 4.39 Å². The molecule has 2 N–H and O–H groups in total. The molecule has 7 heteroatoms.